The monoisotopic (exact) mass is 392 g/mol. The van der Waals surface area contributed by atoms with E-state index in [0.29, 0.717) is 11.7 Å². The van der Waals surface area contributed by atoms with Gasteiger partial charge in [0.15, 0.2) is 11.0 Å². The molecule has 3 aromatic rings. The first kappa shape index (κ1) is 19.9. The lowest BCUT2D eigenvalue weighted by Crippen LogP contribution is -2.23. The molecule has 1 aromatic heterocycles. The highest BCUT2D eigenvalue weighted by Gasteiger charge is 2.21. The number of nitrogens with zero attached hydrogens (tertiary/aromatic N) is 3. The largest absolute Gasteiger partial charge is 0.325 e. The molecule has 0 aliphatic heterocycles. The van der Waals surface area contributed by atoms with Crippen molar-refractivity contribution in [3.63, 3.8) is 0 Å². The van der Waals surface area contributed by atoms with Crippen molar-refractivity contribution in [3.8, 4) is 11.4 Å². The zero-order chi connectivity index (χ0) is 20.1. The molecule has 1 heterocycles. The third kappa shape index (κ3) is 4.51. The Kier molecular flexibility index (Phi) is 6.31. The maximum Gasteiger partial charge on any atom is 0.237 e. The first-order valence-corrected chi connectivity index (χ1v) is 10.0. The van der Waals surface area contributed by atoms with Crippen LogP contribution in [0.4, 0.5) is 5.69 Å². The molecule has 1 atom stereocenters. The summed E-state index contributed by atoms with van der Waals surface area (Å²) < 4.78 is 1.98. The van der Waals surface area contributed by atoms with Crippen LogP contribution < -0.4 is 5.32 Å². The molecule has 0 bridgehead atoms. The average molecular weight is 393 g/mol. The summed E-state index contributed by atoms with van der Waals surface area (Å²) in [6.07, 6.45) is 1.81. The first-order valence-electron chi connectivity index (χ1n) is 9.14. The quantitative estimate of drug-likeness (QED) is 0.460. The molecule has 5 nitrogen and oxygen atoms in total. The molecule has 1 unspecified atom stereocenters. The van der Waals surface area contributed by atoms with Crippen LogP contribution >= 0.6 is 11.8 Å². The van der Waals surface area contributed by atoms with Gasteiger partial charge in [-0.3, -0.25) is 9.36 Å². The number of allylic oxidation sites excluding steroid dienone is 1. The minimum absolute atomic E-state index is 0.0635. The van der Waals surface area contributed by atoms with Gasteiger partial charge in [-0.2, -0.15) is 0 Å². The average Bonchev–Trinajstić information content (AvgIpc) is 3.07. The number of thioether (sulfide) groups is 1. The van der Waals surface area contributed by atoms with Crippen molar-refractivity contribution in [2.75, 3.05) is 5.32 Å². The predicted molar refractivity (Wildman–Crippen MR) is 116 cm³/mol. The standard InChI is InChI=1S/C22H24N4OS/c1-5-13-26-20(18-9-7-6-8-10-18)24-25-22(26)28-17(4)21(27)23-19-12-11-15(2)14-16(19)3/h5-12,14,17H,1,13H2,2-4H3,(H,23,27). The van der Waals surface area contributed by atoms with E-state index < -0.39 is 0 Å². The highest BCUT2D eigenvalue weighted by molar-refractivity contribution is 8.00. The van der Waals surface area contributed by atoms with Gasteiger partial charge in [0.2, 0.25) is 5.91 Å². The molecule has 0 saturated carbocycles. The number of aryl methyl sites for hydroxylation is 2. The van der Waals surface area contributed by atoms with Gasteiger partial charge in [-0.15, -0.1) is 16.8 Å². The third-order valence-electron chi connectivity index (χ3n) is 4.35. The number of nitrogens with one attached hydrogen (secondary N) is 1. The fourth-order valence-corrected chi connectivity index (χ4v) is 3.73. The summed E-state index contributed by atoms with van der Waals surface area (Å²) in [5.41, 5.74) is 4.03. The van der Waals surface area contributed by atoms with E-state index in [-0.39, 0.29) is 11.2 Å². The van der Waals surface area contributed by atoms with E-state index in [4.69, 9.17) is 0 Å². The van der Waals surface area contributed by atoms with Crippen LogP contribution in [0, 0.1) is 13.8 Å². The molecule has 0 fully saturated rings. The predicted octanol–water partition coefficient (Wildman–Crippen LogP) is 4.87. The summed E-state index contributed by atoms with van der Waals surface area (Å²) in [7, 11) is 0. The summed E-state index contributed by atoms with van der Waals surface area (Å²) in [4.78, 5) is 12.7. The fourth-order valence-electron chi connectivity index (χ4n) is 2.87. The molecule has 6 heteroatoms. The smallest absolute Gasteiger partial charge is 0.237 e. The summed E-state index contributed by atoms with van der Waals surface area (Å²) in [6, 6.07) is 15.9. The van der Waals surface area contributed by atoms with Gasteiger partial charge >= 0.3 is 0 Å². The van der Waals surface area contributed by atoms with Crippen LogP contribution in [0.5, 0.6) is 0 Å². The number of benzene rings is 2. The number of aromatic nitrogens is 3. The molecule has 28 heavy (non-hydrogen) atoms. The normalized spacial score (nSPS) is 11.8. The molecule has 2 aromatic carbocycles. The van der Waals surface area contributed by atoms with Gasteiger partial charge in [-0.1, -0.05) is 65.9 Å². The van der Waals surface area contributed by atoms with Gasteiger partial charge in [0.05, 0.1) is 5.25 Å². The lowest BCUT2D eigenvalue weighted by atomic mass is 10.1. The highest BCUT2D eigenvalue weighted by atomic mass is 32.2. The Hall–Kier alpha value is -2.86. The Balaban J connectivity index is 1.78. The van der Waals surface area contributed by atoms with E-state index in [1.807, 2.05) is 67.8 Å². The van der Waals surface area contributed by atoms with Crippen molar-refractivity contribution < 1.29 is 4.79 Å². The number of carbonyl (C=O) groups is 1. The number of hydrogen-bond acceptors (Lipinski definition) is 4. The molecule has 1 amide bonds. The summed E-state index contributed by atoms with van der Waals surface area (Å²) in [5, 5.41) is 12.0. The van der Waals surface area contributed by atoms with Gasteiger partial charge < -0.3 is 5.32 Å². The van der Waals surface area contributed by atoms with Crippen LogP contribution in [-0.2, 0) is 11.3 Å². The molecule has 144 valence electrons. The van der Waals surface area contributed by atoms with Crippen LogP contribution in [0.15, 0.2) is 66.3 Å². The third-order valence-corrected chi connectivity index (χ3v) is 5.43. The number of hydrogen-bond donors (Lipinski definition) is 1. The zero-order valence-corrected chi connectivity index (χ0v) is 17.2. The number of anilines is 1. The molecular formula is C22H24N4OS. The van der Waals surface area contributed by atoms with Crippen molar-refractivity contribution >= 4 is 23.4 Å². The van der Waals surface area contributed by atoms with Crippen molar-refractivity contribution in [2.45, 2.75) is 37.7 Å². The number of rotatable bonds is 7. The van der Waals surface area contributed by atoms with Gasteiger partial charge in [-0.25, -0.2) is 0 Å². The Bertz CT molecular complexity index is 981. The van der Waals surface area contributed by atoms with Gasteiger partial charge in [0, 0.05) is 17.8 Å². The molecular weight excluding hydrogens is 368 g/mol. The maximum atomic E-state index is 12.7. The van der Waals surface area contributed by atoms with Crippen molar-refractivity contribution in [3.05, 3.63) is 72.3 Å². The van der Waals surface area contributed by atoms with Gasteiger partial charge in [-0.05, 0) is 32.4 Å². The molecule has 0 saturated heterocycles. The second-order valence-electron chi connectivity index (χ2n) is 6.64. The van der Waals surface area contributed by atoms with Crippen LogP contribution in [0.3, 0.4) is 0 Å². The van der Waals surface area contributed by atoms with E-state index in [1.54, 1.807) is 6.08 Å². The summed E-state index contributed by atoms with van der Waals surface area (Å²) in [5.74, 6) is 0.705. The fraction of sp³-hybridized carbons (Fsp3) is 0.227. The lowest BCUT2D eigenvalue weighted by molar-refractivity contribution is -0.115. The van der Waals surface area contributed by atoms with E-state index in [2.05, 4.69) is 28.2 Å². The van der Waals surface area contributed by atoms with Crippen LogP contribution in [0.25, 0.3) is 11.4 Å². The first-order chi connectivity index (χ1) is 13.5. The second-order valence-corrected chi connectivity index (χ2v) is 7.95. The topological polar surface area (TPSA) is 59.8 Å². The molecule has 0 radical (unpaired) electrons. The minimum Gasteiger partial charge on any atom is -0.325 e. The van der Waals surface area contributed by atoms with E-state index >= 15 is 0 Å². The molecule has 0 aliphatic carbocycles. The number of amides is 1. The maximum absolute atomic E-state index is 12.7. The Morgan fingerprint density at radius 1 is 1.21 bits per heavy atom. The van der Waals surface area contributed by atoms with Crippen molar-refractivity contribution in [1.82, 2.24) is 14.8 Å². The van der Waals surface area contributed by atoms with Crippen molar-refractivity contribution in [1.29, 1.82) is 0 Å². The lowest BCUT2D eigenvalue weighted by Gasteiger charge is -2.14. The zero-order valence-electron chi connectivity index (χ0n) is 16.3. The Morgan fingerprint density at radius 3 is 2.64 bits per heavy atom. The Morgan fingerprint density at radius 2 is 1.96 bits per heavy atom. The minimum atomic E-state index is -0.322. The highest BCUT2D eigenvalue weighted by Crippen LogP contribution is 2.28. The second kappa shape index (κ2) is 8.89. The van der Waals surface area contributed by atoms with E-state index in [0.717, 1.165) is 22.6 Å². The van der Waals surface area contributed by atoms with E-state index in [9.17, 15) is 4.79 Å². The SMILES string of the molecule is C=CCn1c(SC(C)C(=O)Nc2ccc(C)cc2C)nnc1-c1ccccc1. The van der Waals surface area contributed by atoms with Crippen molar-refractivity contribution in [2.24, 2.45) is 0 Å². The van der Waals surface area contributed by atoms with Gasteiger partial charge in [0.1, 0.15) is 0 Å². The molecule has 0 spiro atoms. The number of carbonyl (C=O) groups excluding carboxylic acids is 1. The molecule has 1 N–H and O–H groups in total. The molecule has 0 aliphatic rings. The summed E-state index contributed by atoms with van der Waals surface area (Å²) in [6.45, 7) is 10.3. The summed E-state index contributed by atoms with van der Waals surface area (Å²) >= 11 is 1.39. The van der Waals surface area contributed by atoms with Crippen LogP contribution in [0.1, 0.15) is 18.1 Å². The molecule has 3 rings (SSSR count). The van der Waals surface area contributed by atoms with Crippen LogP contribution in [0.2, 0.25) is 0 Å². The van der Waals surface area contributed by atoms with Gasteiger partial charge in [0.25, 0.3) is 0 Å². The van der Waals surface area contributed by atoms with Crippen LogP contribution in [-0.4, -0.2) is 25.9 Å². The van der Waals surface area contributed by atoms with E-state index in [1.165, 1.54) is 17.3 Å². The Labute approximate surface area is 169 Å².